The Morgan fingerprint density at radius 2 is 1.26 bits per heavy atom. The molecule has 7 rings (SSSR count). The van der Waals surface area contributed by atoms with E-state index < -0.39 is 0 Å². The number of rotatable bonds is 1. The third kappa shape index (κ3) is 2.23. The maximum atomic E-state index is 5.94. The van der Waals surface area contributed by atoms with Crippen LogP contribution in [0.4, 0.5) is 5.82 Å². The number of aromatic nitrogens is 1. The summed E-state index contributed by atoms with van der Waals surface area (Å²) in [7, 11) is 0. The summed E-state index contributed by atoms with van der Waals surface area (Å²) in [6.45, 7) is 0. The molecule has 0 fully saturated rings. The lowest BCUT2D eigenvalue weighted by atomic mass is 9.95. The van der Waals surface area contributed by atoms with Crippen molar-refractivity contribution in [3.8, 4) is 0 Å². The number of nitrogens with two attached hydrogens (primary N) is 1. The van der Waals surface area contributed by atoms with Gasteiger partial charge in [0.25, 0.3) is 0 Å². The van der Waals surface area contributed by atoms with Crippen LogP contribution in [0, 0.1) is 0 Å². The van der Waals surface area contributed by atoms with Crippen LogP contribution >= 0.6 is 11.3 Å². The van der Waals surface area contributed by atoms with Gasteiger partial charge in [-0.2, -0.15) is 0 Å². The highest BCUT2D eigenvalue weighted by molar-refractivity contribution is 7.27. The normalized spacial score (nSPS) is 12.0. The molecule has 0 bridgehead atoms. The molecular weight excluding hydrogens is 398 g/mol. The predicted molar refractivity (Wildman–Crippen MR) is 135 cm³/mol. The standard InChI is InChI=1S/C27H17N3S/c28-30-27-26-23(20-13-11-16-6-2-4-8-19(16)25(20)31-26)24-21(29-27)14-12-17-10-9-15-5-1-3-7-18(15)22(17)24/h1-14H,28H2,(H,29,30). The van der Waals surface area contributed by atoms with E-state index in [9.17, 15) is 0 Å². The molecule has 146 valence electrons. The minimum Gasteiger partial charge on any atom is -0.307 e. The molecule has 5 aromatic carbocycles. The Morgan fingerprint density at radius 1 is 0.581 bits per heavy atom. The summed E-state index contributed by atoms with van der Waals surface area (Å²) in [6.07, 6.45) is 0. The van der Waals surface area contributed by atoms with Crippen molar-refractivity contribution >= 4 is 80.5 Å². The lowest BCUT2D eigenvalue weighted by molar-refractivity contribution is 1.29. The van der Waals surface area contributed by atoms with Gasteiger partial charge in [0.2, 0.25) is 0 Å². The highest BCUT2D eigenvalue weighted by atomic mass is 32.1. The lowest BCUT2D eigenvalue weighted by Gasteiger charge is -2.11. The fourth-order valence-corrected chi connectivity index (χ4v) is 6.24. The van der Waals surface area contributed by atoms with Crippen molar-refractivity contribution in [2.75, 3.05) is 5.43 Å². The van der Waals surface area contributed by atoms with E-state index in [0.29, 0.717) is 0 Å². The molecule has 0 aliphatic rings. The average Bonchev–Trinajstić information content (AvgIpc) is 3.23. The molecule has 0 spiro atoms. The molecule has 4 heteroatoms. The summed E-state index contributed by atoms with van der Waals surface area (Å²) >= 11 is 1.77. The number of thiophene rings is 1. The van der Waals surface area contributed by atoms with Gasteiger partial charge < -0.3 is 5.43 Å². The molecule has 0 unspecified atom stereocenters. The molecule has 0 saturated carbocycles. The SMILES string of the molecule is NNc1nc2ccc3ccc4ccccc4c3c2c2c1sc1c3ccccc3ccc12. The smallest absolute Gasteiger partial charge is 0.158 e. The van der Waals surface area contributed by atoms with Gasteiger partial charge in [-0.15, -0.1) is 11.3 Å². The maximum absolute atomic E-state index is 5.94. The van der Waals surface area contributed by atoms with Gasteiger partial charge >= 0.3 is 0 Å². The Morgan fingerprint density at radius 3 is 2.10 bits per heavy atom. The molecular formula is C27H17N3S. The fourth-order valence-electron chi connectivity index (χ4n) is 4.94. The first-order valence-electron chi connectivity index (χ1n) is 10.3. The number of nitrogens with zero attached hydrogens (tertiary/aromatic N) is 1. The molecule has 0 radical (unpaired) electrons. The molecule has 7 aromatic rings. The van der Waals surface area contributed by atoms with Gasteiger partial charge in [-0.3, -0.25) is 0 Å². The highest BCUT2D eigenvalue weighted by Gasteiger charge is 2.18. The molecule has 2 aromatic heterocycles. The number of hydrogen-bond donors (Lipinski definition) is 2. The molecule has 0 saturated heterocycles. The summed E-state index contributed by atoms with van der Waals surface area (Å²) < 4.78 is 2.37. The summed E-state index contributed by atoms with van der Waals surface area (Å²) in [4.78, 5) is 4.93. The minimum atomic E-state index is 0.729. The second-order valence-electron chi connectivity index (χ2n) is 7.92. The van der Waals surface area contributed by atoms with Crippen molar-refractivity contribution in [3.05, 3.63) is 84.9 Å². The zero-order valence-electron chi connectivity index (χ0n) is 16.5. The van der Waals surface area contributed by atoms with Crippen LogP contribution in [0.3, 0.4) is 0 Å². The number of nitrogens with one attached hydrogen (secondary N) is 1. The van der Waals surface area contributed by atoms with Gasteiger partial charge in [-0.1, -0.05) is 78.9 Å². The molecule has 3 nitrogen and oxygen atoms in total. The van der Waals surface area contributed by atoms with Gasteiger partial charge in [-0.25, -0.2) is 10.8 Å². The van der Waals surface area contributed by atoms with Crippen molar-refractivity contribution in [1.29, 1.82) is 0 Å². The van der Waals surface area contributed by atoms with Crippen LogP contribution in [0.25, 0.3) is 63.4 Å². The largest absolute Gasteiger partial charge is 0.307 e. The quantitative estimate of drug-likeness (QED) is 0.167. The van der Waals surface area contributed by atoms with Gasteiger partial charge in [0, 0.05) is 20.9 Å². The van der Waals surface area contributed by atoms with Crippen LogP contribution < -0.4 is 11.3 Å². The molecule has 3 N–H and O–H groups in total. The second-order valence-corrected chi connectivity index (χ2v) is 8.94. The molecule has 0 atom stereocenters. The number of benzene rings is 5. The second kappa shape index (κ2) is 6.14. The van der Waals surface area contributed by atoms with Crippen LogP contribution in [0.5, 0.6) is 0 Å². The first kappa shape index (κ1) is 17.0. The van der Waals surface area contributed by atoms with E-state index in [1.54, 1.807) is 11.3 Å². The fraction of sp³-hybridized carbons (Fsp3) is 0. The summed E-state index contributed by atoms with van der Waals surface area (Å²) in [5.41, 5.74) is 3.81. The van der Waals surface area contributed by atoms with Crippen LogP contribution in [0.1, 0.15) is 0 Å². The third-order valence-electron chi connectivity index (χ3n) is 6.30. The van der Waals surface area contributed by atoms with Crippen molar-refractivity contribution in [1.82, 2.24) is 4.98 Å². The Bertz CT molecular complexity index is 1830. The van der Waals surface area contributed by atoms with Crippen LogP contribution in [0.15, 0.2) is 84.9 Å². The molecule has 2 heterocycles. The van der Waals surface area contributed by atoms with E-state index in [2.05, 4.69) is 90.4 Å². The van der Waals surface area contributed by atoms with Gasteiger partial charge in [0.1, 0.15) is 0 Å². The number of pyridine rings is 1. The number of hydrazine groups is 1. The van der Waals surface area contributed by atoms with Crippen molar-refractivity contribution in [2.24, 2.45) is 5.84 Å². The van der Waals surface area contributed by atoms with Crippen LogP contribution in [-0.2, 0) is 0 Å². The third-order valence-corrected chi connectivity index (χ3v) is 7.55. The lowest BCUT2D eigenvalue weighted by Crippen LogP contribution is -2.08. The topological polar surface area (TPSA) is 50.9 Å². The molecule has 0 amide bonds. The number of hydrogen-bond acceptors (Lipinski definition) is 4. The zero-order valence-corrected chi connectivity index (χ0v) is 17.3. The monoisotopic (exact) mass is 415 g/mol. The van der Waals surface area contributed by atoms with E-state index in [-0.39, 0.29) is 0 Å². The first-order chi connectivity index (χ1) is 15.3. The molecule has 0 aliphatic carbocycles. The first-order valence-corrected chi connectivity index (χ1v) is 11.1. The van der Waals surface area contributed by atoms with Crippen LogP contribution in [-0.4, -0.2) is 4.98 Å². The van der Waals surface area contributed by atoms with E-state index >= 15 is 0 Å². The van der Waals surface area contributed by atoms with E-state index in [0.717, 1.165) is 16.0 Å². The highest BCUT2D eigenvalue weighted by Crippen LogP contribution is 2.46. The van der Waals surface area contributed by atoms with E-state index in [4.69, 9.17) is 10.8 Å². The minimum absolute atomic E-state index is 0.729. The predicted octanol–water partition coefficient (Wildman–Crippen LogP) is 7.35. The Hall–Kier alpha value is -3.73. The Kier molecular flexibility index (Phi) is 3.37. The van der Waals surface area contributed by atoms with Crippen molar-refractivity contribution < 1.29 is 0 Å². The van der Waals surface area contributed by atoms with E-state index in [1.165, 1.54) is 53.2 Å². The molecule has 0 aliphatic heterocycles. The van der Waals surface area contributed by atoms with Crippen LogP contribution in [0.2, 0.25) is 0 Å². The molecule has 31 heavy (non-hydrogen) atoms. The summed E-state index contributed by atoms with van der Waals surface area (Å²) in [5.74, 6) is 6.67. The van der Waals surface area contributed by atoms with Gasteiger partial charge in [-0.05, 0) is 38.4 Å². The maximum Gasteiger partial charge on any atom is 0.158 e. The van der Waals surface area contributed by atoms with Gasteiger partial charge in [0.05, 0.1) is 10.2 Å². The summed E-state index contributed by atoms with van der Waals surface area (Å²) in [6, 6.07) is 30.3. The van der Waals surface area contributed by atoms with E-state index in [1.807, 2.05) is 0 Å². The summed E-state index contributed by atoms with van der Waals surface area (Å²) in [5, 5.41) is 11.2. The number of anilines is 1. The zero-order chi connectivity index (χ0) is 20.5. The number of nitrogen functional groups attached to an aromatic ring is 1. The van der Waals surface area contributed by atoms with Crippen molar-refractivity contribution in [3.63, 3.8) is 0 Å². The van der Waals surface area contributed by atoms with Gasteiger partial charge in [0.15, 0.2) is 5.82 Å². The number of fused-ring (bicyclic) bond motifs is 11. The Labute approximate surface area is 181 Å². The average molecular weight is 416 g/mol. The Balaban J connectivity index is 1.84. The van der Waals surface area contributed by atoms with Crippen molar-refractivity contribution in [2.45, 2.75) is 0 Å².